The van der Waals surface area contributed by atoms with Gasteiger partial charge in [0.1, 0.15) is 11.5 Å². The zero-order chi connectivity index (χ0) is 14.3. The maximum absolute atomic E-state index is 13.2. The molecule has 0 amide bonds. The van der Waals surface area contributed by atoms with Gasteiger partial charge in [0.15, 0.2) is 0 Å². The molecule has 0 saturated heterocycles. The molecule has 98 valence electrons. The molecule has 4 N–H and O–H groups in total. The SMILES string of the molecule is N=C(C(=O)/C=C\Nc1ccccc1F)C(=O)/C=C/N. The molecule has 0 atom stereocenters. The van der Waals surface area contributed by atoms with Gasteiger partial charge in [0, 0.05) is 18.4 Å². The number of nitrogens with one attached hydrogen (secondary N) is 2. The minimum Gasteiger partial charge on any atom is -0.404 e. The van der Waals surface area contributed by atoms with E-state index in [1.165, 1.54) is 18.2 Å². The Morgan fingerprint density at radius 2 is 1.84 bits per heavy atom. The summed E-state index contributed by atoms with van der Waals surface area (Å²) in [6.07, 6.45) is 4.00. The second kappa shape index (κ2) is 6.85. The second-order valence-corrected chi connectivity index (χ2v) is 3.42. The molecule has 0 bridgehead atoms. The minimum atomic E-state index is -0.799. The van der Waals surface area contributed by atoms with Crippen molar-refractivity contribution in [2.24, 2.45) is 5.73 Å². The summed E-state index contributed by atoms with van der Waals surface area (Å²) < 4.78 is 13.2. The summed E-state index contributed by atoms with van der Waals surface area (Å²) in [6.45, 7) is 0. The van der Waals surface area contributed by atoms with Gasteiger partial charge in [-0.3, -0.25) is 15.0 Å². The van der Waals surface area contributed by atoms with Crippen LogP contribution in [0.2, 0.25) is 0 Å². The van der Waals surface area contributed by atoms with Gasteiger partial charge in [-0.15, -0.1) is 0 Å². The van der Waals surface area contributed by atoms with Crippen LogP contribution in [-0.2, 0) is 9.59 Å². The minimum absolute atomic E-state index is 0.186. The monoisotopic (exact) mass is 261 g/mol. The fourth-order valence-electron chi connectivity index (χ4n) is 1.16. The molecule has 1 aromatic carbocycles. The lowest BCUT2D eigenvalue weighted by molar-refractivity contribution is -0.112. The van der Waals surface area contributed by atoms with E-state index >= 15 is 0 Å². The average molecular weight is 261 g/mol. The summed E-state index contributed by atoms with van der Waals surface area (Å²) in [5.41, 5.74) is 4.45. The van der Waals surface area contributed by atoms with Crippen molar-refractivity contribution in [3.8, 4) is 0 Å². The number of anilines is 1. The third kappa shape index (κ3) is 4.19. The molecule has 0 aromatic heterocycles. The average Bonchev–Trinajstić information content (AvgIpc) is 2.40. The molecule has 6 heteroatoms. The molecule has 0 spiro atoms. The maximum atomic E-state index is 13.2. The van der Waals surface area contributed by atoms with Gasteiger partial charge in [-0.25, -0.2) is 4.39 Å². The van der Waals surface area contributed by atoms with Crippen LogP contribution in [0.15, 0.2) is 48.8 Å². The third-order valence-corrected chi connectivity index (χ3v) is 2.09. The van der Waals surface area contributed by atoms with Crippen LogP contribution in [0.5, 0.6) is 0 Å². The van der Waals surface area contributed by atoms with Crippen LogP contribution in [0.1, 0.15) is 0 Å². The highest BCUT2D eigenvalue weighted by Gasteiger charge is 2.12. The van der Waals surface area contributed by atoms with Crippen LogP contribution in [0, 0.1) is 11.2 Å². The lowest BCUT2D eigenvalue weighted by atomic mass is 10.1. The number of benzene rings is 1. The Morgan fingerprint density at radius 3 is 2.47 bits per heavy atom. The van der Waals surface area contributed by atoms with Crippen LogP contribution in [0.3, 0.4) is 0 Å². The number of para-hydroxylation sites is 1. The second-order valence-electron chi connectivity index (χ2n) is 3.42. The predicted molar refractivity (Wildman–Crippen MR) is 70.2 cm³/mol. The van der Waals surface area contributed by atoms with Gasteiger partial charge < -0.3 is 11.1 Å². The molecule has 0 fully saturated rings. The summed E-state index contributed by atoms with van der Waals surface area (Å²) in [7, 11) is 0. The molecule has 0 radical (unpaired) electrons. The Hall–Kier alpha value is -2.76. The molecule has 0 aliphatic heterocycles. The molecule has 5 nitrogen and oxygen atoms in total. The molecule has 0 saturated carbocycles. The van der Waals surface area contributed by atoms with E-state index in [0.717, 1.165) is 24.6 Å². The first-order chi connectivity index (χ1) is 9.06. The third-order valence-electron chi connectivity index (χ3n) is 2.09. The number of ketones is 2. The van der Waals surface area contributed by atoms with E-state index in [1.807, 2.05) is 0 Å². The van der Waals surface area contributed by atoms with E-state index < -0.39 is 23.1 Å². The quantitative estimate of drug-likeness (QED) is 0.409. The van der Waals surface area contributed by atoms with Crippen molar-refractivity contribution in [3.63, 3.8) is 0 Å². The van der Waals surface area contributed by atoms with Crippen molar-refractivity contribution in [3.05, 3.63) is 54.6 Å². The Bertz CT molecular complexity index is 565. The summed E-state index contributed by atoms with van der Waals surface area (Å²) in [5, 5.41) is 9.81. The van der Waals surface area contributed by atoms with Crippen molar-refractivity contribution in [1.29, 1.82) is 5.41 Å². The normalized spacial score (nSPS) is 10.8. The smallest absolute Gasteiger partial charge is 0.208 e. The lowest BCUT2D eigenvalue weighted by Gasteiger charge is -2.01. The van der Waals surface area contributed by atoms with Gasteiger partial charge >= 0.3 is 0 Å². The van der Waals surface area contributed by atoms with E-state index in [2.05, 4.69) is 5.32 Å². The van der Waals surface area contributed by atoms with Crippen LogP contribution >= 0.6 is 0 Å². The summed E-state index contributed by atoms with van der Waals surface area (Å²) in [5.74, 6) is -2.06. The number of rotatable bonds is 6. The van der Waals surface area contributed by atoms with Gasteiger partial charge in [0.05, 0.1) is 5.69 Å². The van der Waals surface area contributed by atoms with Gasteiger partial charge in [0.25, 0.3) is 0 Å². The molecule has 0 unspecified atom stereocenters. The summed E-state index contributed by atoms with van der Waals surface area (Å²) >= 11 is 0. The van der Waals surface area contributed by atoms with Crippen LogP contribution in [-0.4, -0.2) is 17.3 Å². The van der Waals surface area contributed by atoms with Crippen molar-refractivity contribution in [2.75, 3.05) is 5.32 Å². The van der Waals surface area contributed by atoms with Gasteiger partial charge in [0.2, 0.25) is 11.6 Å². The van der Waals surface area contributed by atoms with Gasteiger partial charge in [-0.1, -0.05) is 12.1 Å². The topological polar surface area (TPSA) is 96.0 Å². The Kier molecular flexibility index (Phi) is 5.16. The van der Waals surface area contributed by atoms with E-state index in [1.54, 1.807) is 6.07 Å². The number of hydrogen-bond acceptors (Lipinski definition) is 5. The van der Waals surface area contributed by atoms with E-state index in [9.17, 15) is 14.0 Å². The van der Waals surface area contributed by atoms with Crippen LogP contribution in [0.4, 0.5) is 10.1 Å². The van der Waals surface area contributed by atoms with Gasteiger partial charge in [-0.05, 0) is 18.3 Å². The number of allylic oxidation sites excluding steroid dienone is 2. The number of carbonyl (C=O) groups is 2. The Labute approximate surface area is 109 Å². The zero-order valence-corrected chi connectivity index (χ0v) is 9.89. The molecule has 0 aliphatic rings. The first kappa shape index (κ1) is 14.3. The molecule has 0 heterocycles. The van der Waals surface area contributed by atoms with Crippen molar-refractivity contribution in [2.45, 2.75) is 0 Å². The standard InChI is InChI=1S/C13H12FN3O2/c14-9-3-1-2-4-10(9)17-8-6-12(19)13(16)11(18)5-7-15/h1-8,16-17H,15H2/b7-5+,8-6-,16-13?. The van der Waals surface area contributed by atoms with Crippen molar-refractivity contribution >= 4 is 23.0 Å². The number of halogens is 1. The maximum Gasteiger partial charge on any atom is 0.208 e. The zero-order valence-electron chi connectivity index (χ0n) is 9.89. The molecular weight excluding hydrogens is 249 g/mol. The highest BCUT2D eigenvalue weighted by Crippen LogP contribution is 2.11. The summed E-state index contributed by atoms with van der Waals surface area (Å²) in [6, 6.07) is 5.90. The Balaban J connectivity index is 2.63. The highest BCUT2D eigenvalue weighted by molar-refractivity contribution is 6.69. The van der Waals surface area contributed by atoms with Crippen molar-refractivity contribution < 1.29 is 14.0 Å². The van der Waals surface area contributed by atoms with E-state index in [-0.39, 0.29) is 5.69 Å². The number of hydrogen-bond donors (Lipinski definition) is 3. The Morgan fingerprint density at radius 1 is 1.21 bits per heavy atom. The number of carbonyl (C=O) groups excluding carboxylic acids is 2. The summed E-state index contributed by atoms with van der Waals surface area (Å²) in [4.78, 5) is 22.5. The van der Waals surface area contributed by atoms with Crippen LogP contribution in [0.25, 0.3) is 0 Å². The fourth-order valence-corrected chi connectivity index (χ4v) is 1.16. The van der Waals surface area contributed by atoms with Gasteiger partial charge in [-0.2, -0.15) is 0 Å². The largest absolute Gasteiger partial charge is 0.404 e. The predicted octanol–water partition coefficient (Wildman–Crippen LogP) is 1.38. The fraction of sp³-hybridized carbons (Fsp3) is 0. The lowest BCUT2D eigenvalue weighted by Crippen LogP contribution is -2.20. The van der Waals surface area contributed by atoms with Crippen molar-refractivity contribution in [1.82, 2.24) is 0 Å². The molecule has 0 aliphatic carbocycles. The number of nitrogens with two attached hydrogens (primary N) is 1. The molecular formula is C13H12FN3O2. The molecule has 1 aromatic rings. The molecule has 1 rings (SSSR count). The van der Waals surface area contributed by atoms with E-state index in [0.29, 0.717) is 0 Å². The highest BCUT2D eigenvalue weighted by atomic mass is 19.1. The first-order valence-corrected chi connectivity index (χ1v) is 5.29. The first-order valence-electron chi connectivity index (χ1n) is 5.29. The molecule has 19 heavy (non-hydrogen) atoms. The van der Waals surface area contributed by atoms with E-state index in [4.69, 9.17) is 11.1 Å². The van der Waals surface area contributed by atoms with Crippen LogP contribution < -0.4 is 11.1 Å².